The Morgan fingerprint density at radius 2 is 1.93 bits per heavy atom. The van der Waals surface area contributed by atoms with Gasteiger partial charge in [0.1, 0.15) is 6.61 Å². The van der Waals surface area contributed by atoms with Crippen LogP contribution in [-0.4, -0.2) is 67.1 Å². The lowest BCUT2D eigenvalue weighted by atomic mass is 10.0. The van der Waals surface area contributed by atoms with Crippen molar-refractivity contribution >= 4 is 22.4 Å². The van der Waals surface area contributed by atoms with E-state index in [4.69, 9.17) is 9.47 Å². The van der Waals surface area contributed by atoms with Gasteiger partial charge in [0.25, 0.3) is 5.56 Å². The SMILES string of the molecule is O=C(COCCN1CCOCC1)Nc1cccc(-c2n[nH]c(=O)c3ccccc23)c1. The molecule has 0 atom stereocenters. The zero-order chi connectivity index (χ0) is 20.8. The van der Waals surface area contributed by atoms with Crippen molar-refractivity contribution in [3.63, 3.8) is 0 Å². The zero-order valence-electron chi connectivity index (χ0n) is 16.6. The van der Waals surface area contributed by atoms with E-state index >= 15 is 0 Å². The minimum atomic E-state index is -0.229. The highest BCUT2D eigenvalue weighted by Crippen LogP contribution is 2.26. The van der Waals surface area contributed by atoms with Gasteiger partial charge in [-0.25, -0.2) is 5.10 Å². The average molecular weight is 408 g/mol. The first-order valence-corrected chi connectivity index (χ1v) is 9.96. The number of aromatic nitrogens is 2. The van der Waals surface area contributed by atoms with Gasteiger partial charge in [0.2, 0.25) is 5.91 Å². The quantitative estimate of drug-likeness (QED) is 0.580. The highest BCUT2D eigenvalue weighted by Gasteiger charge is 2.11. The third kappa shape index (κ3) is 4.91. The third-order valence-corrected chi connectivity index (χ3v) is 5.00. The maximum atomic E-state index is 12.2. The van der Waals surface area contributed by atoms with Gasteiger partial charge in [-0.05, 0) is 18.2 Å². The van der Waals surface area contributed by atoms with Crippen molar-refractivity contribution in [3.05, 3.63) is 58.9 Å². The number of aromatic amines is 1. The molecule has 0 bridgehead atoms. The minimum Gasteiger partial charge on any atom is -0.379 e. The molecule has 1 aliphatic heterocycles. The zero-order valence-corrected chi connectivity index (χ0v) is 16.6. The fourth-order valence-electron chi connectivity index (χ4n) is 3.46. The molecule has 30 heavy (non-hydrogen) atoms. The van der Waals surface area contributed by atoms with Crippen LogP contribution >= 0.6 is 0 Å². The number of carbonyl (C=O) groups is 1. The van der Waals surface area contributed by atoms with E-state index in [1.807, 2.05) is 42.5 Å². The van der Waals surface area contributed by atoms with E-state index in [2.05, 4.69) is 20.4 Å². The molecule has 0 unspecified atom stereocenters. The normalized spacial score (nSPS) is 14.7. The maximum Gasteiger partial charge on any atom is 0.272 e. The summed E-state index contributed by atoms with van der Waals surface area (Å²) in [5.41, 5.74) is 1.87. The summed E-state index contributed by atoms with van der Waals surface area (Å²) in [6, 6.07) is 14.7. The van der Waals surface area contributed by atoms with Crippen molar-refractivity contribution in [1.82, 2.24) is 15.1 Å². The molecule has 0 saturated carbocycles. The van der Waals surface area contributed by atoms with Gasteiger partial charge < -0.3 is 14.8 Å². The van der Waals surface area contributed by atoms with Crippen molar-refractivity contribution < 1.29 is 14.3 Å². The Morgan fingerprint density at radius 1 is 1.13 bits per heavy atom. The number of fused-ring (bicyclic) bond motifs is 1. The molecule has 0 spiro atoms. The second-order valence-corrected chi connectivity index (χ2v) is 7.08. The summed E-state index contributed by atoms with van der Waals surface area (Å²) in [6.45, 7) is 4.57. The van der Waals surface area contributed by atoms with E-state index in [1.54, 1.807) is 6.07 Å². The monoisotopic (exact) mass is 408 g/mol. The van der Waals surface area contributed by atoms with Crippen molar-refractivity contribution in [2.75, 3.05) is 51.4 Å². The summed E-state index contributed by atoms with van der Waals surface area (Å²) >= 11 is 0. The molecule has 1 amide bonds. The lowest BCUT2D eigenvalue weighted by Crippen LogP contribution is -2.38. The predicted molar refractivity (Wildman–Crippen MR) is 115 cm³/mol. The van der Waals surface area contributed by atoms with E-state index in [9.17, 15) is 9.59 Å². The molecule has 1 fully saturated rings. The summed E-state index contributed by atoms with van der Waals surface area (Å²) in [5, 5.41) is 10.9. The molecular formula is C22H24N4O4. The van der Waals surface area contributed by atoms with Crippen molar-refractivity contribution in [2.24, 2.45) is 0 Å². The van der Waals surface area contributed by atoms with Crippen LogP contribution in [0.4, 0.5) is 5.69 Å². The van der Waals surface area contributed by atoms with Gasteiger partial charge in [-0.1, -0.05) is 30.3 Å². The number of benzene rings is 2. The predicted octanol–water partition coefficient (Wildman–Crippen LogP) is 1.88. The van der Waals surface area contributed by atoms with Gasteiger partial charge in [-0.15, -0.1) is 0 Å². The van der Waals surface area contributed by atoms with Gasteiger partial charge in [0, 0.05) is 36.3 Å². The van der Waals surface area contributed by atoms with E-state index in [1.165, 1.54) is 0 Å². The van der Waals surface area contributed by atoms with Crippen LogP contribution in [0.25, 0.3) is 22.0 Å². The fraction of sp³-hybridized carbons (Fsp3) is 0.318. The molecule has 2 N–H and O–H groups in total. The number of hydrogen-bond donors (Lipinski definition) is 2. The first kappa shape index (κ1) is 20.2. The molecule has 0 radical (unpaired) electrons. The average Bonchev–Trinajstić information content (AvgIpc) is 2.78. The second kappa shape index (κ2) is 9.62. The van der Waals surface area contributed by atoms with Crippen LogP contribution in [-0.2, 0) is 14.3 Å². The molecule has 156 valence electrons. The summed E-state index contributed by atoms with van der Waals surface area (Å²) < 4.78 is 10.8. The molecule has 8 nitrogen and oxygen atoms in total. The molecule has 2 aromatic carbocycles. The molecule has 3 aromatic rings. The van der Waals surface area contributed by atoms with Crippen LogP contribution in [0, 0.1) is 0 Å². The Labute approximate surface area is 173 Å². The van der Waals surface area contributed by atoms with E-state index in [-0.39, 0.29) is 18.1 Å². The number of anilines is 1. The number of nitrogens with one attached hydrogen (secondary N) is 2. The summed E-state index contributed by atoms with van der Waals surface area (Å²) in [7, 11) is 0. The smallest absolute Gasteiger partial charge is 0.272 e. The Bertz CT molecular complexity index is 1080. The number of nitrogens with zero attached hydrogens (tertiary/aromatic N) is 2. The minimum absolute atomic E-state index is 0.00555. The van der Waals surface area contributed by atoms with Gasteiger partial charge in [-0.2, -0.15) is 5.10 Å². The van der Waals surface area contributed by atoms with Gasteiger partial charge in [0.15, 0.2) is 0 Å². The molecule has 8 heteroatoms. The van der Waals surface area contributed by atoms with E-state index < -0.39 is 0 Å². The van der Waals surface area contributed by atoms with Crippen LogP contribution in [0.3, 0.4) is 0 Å². The Hall–Kier alpha value is -3.07. The number of H-pyrrole nitrogens is 1. The summed E-state index contributed by atoms with van der Waals surface area (Å²) in [4.78, 5) is 26.5. The summed E-state index contributed by atoms with van der Waals surface area (Å²) in [5.74, 6) is -0.214. The van der Waals surface area contributed by atoms with Crippen LogP contribution in [0.15, 0.2) is 53.3 Å². The first-order valence-electron chi connectivity index (χ1n) is 9.96. The van der Waals surface area contributed by atoms with Crippen LogP contribution in [0.5, 0.6) is 0 Å². The fourth-order valence-corrected chi connectivity index (χ4v) is 3.46. The lowest BCUT2D eigenvalue weighted by molar-refractivity contribution is -0.120. The Morgan fingerprint density at radius 3 is 2.77 bits per heavy atom. The maximum absolute atomic E-state index is 12.2. The number of carbonyl (C=O) groups excluding carboxylic acids is 1. The molecule has 1 aromatic heterocycles. The molecule has 4 rings (SSSR count). The van der Waals surface area contributed by atoms with Crippen LogP contribution in [0.1, 0.15) is 0 Å². The molecule has 1 aliphatic rings. The highest BCUT2D eigenvalue weighted by atomic mass is 16.5. The molecule has 1 saturated heterocycles. The number of amides is 1. The number of hydrogen-bond acceptors (Lipinski definition) is 6. The standard InChI is InChI=1S/C22H24N4O4/c27-20(15-30-13-10-26-8-11-29-12-9-26)23-17-5-3-4-16(14-17)21-18-6-1-2-7-19(18)22(28)25-24-21/h1-7,14H,8-13,15H2,(H,23,27)(H,25,28). The number of rotatable bonds is 7. The van der Waals surface area contributed by atoms with Gasteiger partial charge in [-0.3, -0.25) is 14.5 Å². The number of morpholine rings is 1. The van der Waals surface area contributed by atoms with Crippen molar-refractivity contribution in [3.8, 4) is 11.3 Å². The molecule has 0 aliphatic carbocycles. The topological polar surface area (TPSA) is 96.5 Å². The molecular weight excluding hydrogens is 384 g/mol. The van der Waals surface area contributed by atoms with Gasteiger partial charge >= 0.3 is 0 Å². The second-order valence-electron chi connectivity index (χ2n) is 7.08. The van der Waals surface area contributed by atoms with E-state index in [0.717, 1.165) is 43.8 Å². The Kier molecular flexibility index (Phi) is 6.48. The van der Waals surface area contributed by atoms with Crippen molar-refractivity contribution in [1.29, 1.82) is 0 Å². The van der Waals surface area contributed by atoms with Crippen LogP contribution in [0.2, 0.25) is 0 Å². The third-order valence-electron chi connectivity index (χ3n) is 5.00. The Balaban J connectivity index is 1.37. The summed E-state index contributed by atoms with van der Waals surface area (Å²) in [6.07, 6.45) is 0. The van der Waals surface area contributed by atoms with Crippen LogP contribution < -0.4 is 10.9 Å². The lowest BCUT2D eigenvalue weighted by Gasteiger charge is -2.26. The number of ether oxygens (including phenoxy) is 2. The van der Waals surface area contributed by atoms with Crippen molar-refractivity contribution in [2.45, 2.75) is 0 Å². The first-order chi connectivity index (χ1) is 14.7. The van der Waals surface area contributed by atoms with E-state index in [0.29, 0.717) is 23.4 Å². The largest absolute Gasteiger partial charge is 0.379 e. The van der Waals surface area contributed by atoms with Gasteiger partial charge in [0.05, 0.1) is 30.9 Å². The highest BCUT2D eigenvalue weighted by molar-refractivity contribution is 5.96. The molecule has 2 heterocycles.